The molecule has 0 aliphatic rings. The highest BCUT2D eigenvalue weighted by Gasteiger charge is 2.03. The molecule has 3 aromatic rings. The van der Waals surface area contributed by atoms with Crippen molar-refractivity contribution in [2.75, 3.05) is 13.7 Å². The quantitative estimate of drug-likeness (QED) is 0.546. The summed E-state index contributed by atoms with van der Waals surface area (Å²) in [5.74, 6) is 2.40. The Kier molecular flexibility index (Phi) is 6.30. The van der Waals surface area contributed by atoms with Crippen molar-refractivity contribution < 1.29 is 23.7 Å². The van der Waals surface area contributed by atoms with Crippen LogP contribution in [0.1, 0.15) is 5.56 Å². The first-order valence-electron chi connectivity index (χ1n) is 8.47. The van der Waals surface area contributed by atoms with Crippen LogP contribution >= 0.6 is 0 Å². The zero-order chi connectivity index (χ0) is 18.9. The van der Waals surface area contributed by atoms with Crippen LogP contribution in [0.5, 0.6) is 23.0 Å². The predicted molar refractivity (Wildman–Crippen MR) is 101 cm³/mol. The maximum absolute atomic E-state index is 11.1. The Morgan fingerprint density at radius 1 is 0.741 bits per heavy atom. The van der Waals surface area contributed by atoms with Gasteiger partial charge in [-0.2, -0.15) is 0 Å². The zero-order valence-electron chi connectivity index (χ0n) is 15.0. The number of para-hydroxylation sites is 1. The first-order chi connectivity index (χ1) is 13.2. The van der Waals surface area contributed by atoms with Crippen LogP contribution in [-0.2, 0) is 16.1 Å². The van der Waals surface area contributed by atoms with Gasteiger partial charge in [0.15, 0.2) is 6.61 Å². The number of hydrogen-bond acceptors (Lipinski definition) is 5. The lowest BCUT2D eigenvalue weighted by Crippen LogP contribution is -2.12. The SMILES string of the molecule is COC(=O)COc1ccc(OCc2cccc(Oc3ccccc3)c2)cc1. The summed E-state index contributed by atoms with van der Waals surface area (Å²) in [4.78, 5) is 11.1. The molecule has 0 bridgehead atoms. The maximum atomic E-state index is 11.1. The molecule has 27 heavy (non-hydrogen) atoms. The number of ether oxygens (including phenoxy) is 4. The van der Waals surface area contributed by atoms with Crippen molar-refractivity contribution in [1.29, 1.82) is 0 Å². The van der Waals surface area contributed by atoms with Crippen molar-refractivity contribution in [3.8, 4) is 23.0 Å². The normalized spacial score (nSPS) is 10.1. The summed E-state index contributed by atoms with van der Waals surface area (Å²) in [7, 11) is 1.32. The van der Waals surface area contributed by atoms with E-state index in [1.807, 2.05) is 54.6 Å². The van der Waals surface area contributed by atoms with E-state index in [-0.39, 0.29) is 6.61 Å². The molecule has 5 nitrogen and oxygen atoms in total. The van der Waals surface area contributed by atoms with Crippen molar-refractivity contribution in [1.82, 2.24) is 0 Å². The molecule has 0 aliphatic carbocycles. The van der Waals surface area contributed by atoms with Gasteiger partial charge in [0, 0.05) is 0 Å². The lowest BCUT2D eigenvalue weighted by Gasteiger charge is -2.10. The molecule has 3 aromatic carbocycles. The molecule has 0 heterocycles. The molecule has 0 unspecified atom stereocenters. The Hall–Kier alpha value is -3.47. The Bertz CT molecular complexity index is 859. The third-order valence-electron chi connectivity index (χ3n) is 3.69. The van der Waals surface area contributed by atoms with Gasteiger partial charge < -0.3 is 18.9 Å². The number of hydrogen-bond donors (Lipinski definition) is 0. The van der Waals surface area contributed by atoms with Crippen LogP contribution in [-0.4, -0.2) is 19.7 Å². The number of carbonyl (C=O) groups is 1. The minimum Gasteiger partial charge on any atom is -0.489 e. The van der Waals surface area contributed by atoms with Gasteiger partial charge in [0.2, 0.25) is 0 Å². The fourth-order valence-corrected chi connectivity index (χ4v) is 2.32. The summed E-state index contributed by atoms with van der Waals surface area (Å²) in [6.45, 7) is 0.291. The van der Waals surface area contributed by atoms with Gasteiger partial charge in [0.1, 0.15) is 29.6 Å². The van der Waals surface area contributed by atoms with E-state index >= 15 is 0 Å². The Balaban J connectivity index is 1.54. The summed E-state index contributed by atoms with van der Waals surface area (Å²) in [5, 5.41) is 0. The molecule has 0 radical (unpaired) electrons. The molecule has 0 aliphatic heterocycles. The number of esters is 1. The number of methoxy groups -OCH3 is 1. The predicted octanol–water partition coefficient (Wildman–Crippen LogP) is 4.61. The van der Waals surface area contributed by atoms with E-state index in [2.05, 4.69) is 4.74 Å². The van der Waals surface area contributed by atoms with Gasteiger partial charge in [-0.1, -0.05) is 30.3 Å². The van der Waals surface area contributed by atoms with Gasteiger partial charge in [0.25, 0.3) is 0 Å². The van der Waals surface area contributed by atoms with Gasteiger partial charge in [-0.15, -0.1) is 0 Å². The van der Waals surface area contributed by atoms with E-state index in [1.54, 1.807) is 24.3 Å². The second kappa shape index (κ2) is 9.29. The number of benzene rings is 3. The minimum atomic E-state index is -0.423. The summed E-state index contributed by atoms with van der Waals surface area (Å²) in [5.41, 5.74) is 0.995. The highest BCUT2D eigenvalue weighted by molar-refractivity contribution is 5.70. The molecule has 0 saturated heterocycles. The first kappa shape index (κ1) is 18.3. The van der Waals surface area contributed by atoms with Crippen LogP contribution in [0, 0.1) is 0 Å². The third kappa shape index (κ3) is 5.78. The van der Waals surface area contributed by atoms with Gasteiger partial charge in [-0.05, 0) is 54.1 Å². The molecular formula is C22H20O5. The highest BCUT2D eigenvalue weighted by Crippen LogP contribution is 2.23. The molecule has 0 aromatic heterocycles. The van der Waals surface area contributed by atoms with Crippen LogP contribution in [0.4, 0.5) is 0 Å². The van der Waals surface area contributed by atoms with E-state index in [1.165, 1.54) is 7.11 Å². The topological polar surface area (TPSA) is 54.0 Å². The fourth-order valence-electron chi connectivity index (χ4n) is 2.32. The van der Waals surface area contributed by atoms with Crippen molar-refractivity contribution in [3.63, 3.8) is 0 Å². The van der Waals surface area contributed by atoms with E-state index in [9.17, 15) is 4.79 Å². The van der Waals surface area contributed by atoms with E-state index in [0.29, 0.717) is 18.1 Å². The average molecular weight is 364 g/mol. The summed E-state index contributed by atoms with van der Waals surface area (Å²) in [6, 6.07) is 24.5. The fraction of sp³-hybridized carbons (Fsp3) is 0.136. The standard InChI is InChI=1S/C22H20O5/c1-24-22(23)16-26-19-12-10-18(11-13-19)25-15-17-6-5-9-21(14-17)27-20-7-3-2-4-8-20/h2-14H,15-16H2,1H3. The summed E-state index contributed by atoms with van der Waals surface area (Å²) in [6.07, 6.45) is 0. The van der Waals surface area contributed by atoms with Crippen LogP contribution < -0.4 is 14.2 Å². The second-order valence-electron chi connectivity index (χ2n) is 5.69. The summed E-state index contributed by atoms with van der Waals surface area (Å²) >= 11 is 0. The van der Waals surface area contributed by atoms with Crippen molar-refractivity contribution in [2.45, 2.75) is 6.61 Å². The molecule has 3 rings (SSSR count). The smallest absolute Gasteiger partial charge is 0.343 e. The second-order valence-corrected chi connectivity index (χ2v) is 5.69. The molecule has 0 fully saturated rings. The van der Waals surface area contributed by atoms with Gasteiger partial charge in [0.05, 0.1) is 7.11 Å². The maximum Gasteiger partial charge on any atom is 0.343 e. The van der Waals surface area contributed by atoms with Crippen LogP contribution in [0.15, 0.2) is 78.9 Å². The largest absolute Gasteiger partial charge is 0.489 e. The van der Waals surface area contributed by atoms with E-state index < -0.39 is 5.97 Å². The van der Waals surface area contributed by atoms with Gasteiger partial charge >= 0.3 is 5.97 Å². The molecule has 0 spiro atoms. The van der Waals surface area contributed by atoms with Crippen molar-refractivity contribution >= 4 is 5.97 Å². The monoisotopic (exact) mass is 364 g/mol. The number of carbonyl (C=O) groups excluding carboxylic acids is 1. The lowest BCUT2D eigenvalue weighted by atomic mass is 10.2. The molecule has 0 N–H and O–H groups in total. The molecule has 0 amide bonds. The third-order valence-corrected chi connectivity index (χ3v) is 3.69. The molecule has 0 atom stereocenters. The van der Waals surface area contributed by atoms with Crippen LogP contribution in [0.3, 0.4) is 0 Å². The molecule has 5 heteroatoms. The zero-order valence-corrected chi connectivity index (χ0v) is 15.0. The molecular weight excluding hydrogens is 344 g/mol. The van der Waals surface area contributed by atoms with Gasteiger partial charge in [-0.25, -0.2) is 4.79 Å². The van der Waals surface area contributed by atoms with E-state index in [0.717, 1.165) is 17.1 Å². The summed E-state index contributed by atoms with van der Waals surface area (Å²) < 4.78 is 21.5. The Morgan fingerprint density at radius 3 is 2.11 bits per heavy atom. The van der Waals surface area contributed by atoms with Crippen molar-refractivity contribution in [3.05, 3.63) is 84.4 Å². The Labute approximate surface area is 158 Å². The molecule has 138 valence electrons. The molecule has 0 saturated carbocycles. The highest BCUT2D eigenvalue weighted by atomic mass is 16.6. The first-order valence-corrected chi connectivity index (χ1v) is 8.47. The lowest BCUT2D eigenvalue weighted by molar-refractivity contribution is -0.142. The number of rotatable bonds is 8. The van der Waals surface area contributed by atoms with Crippen LogP contribution in [0.2, 0.25) is 0 Å². The van der Waals surface area contributed by atoms with Crippen molar-refractivity contribution in [2.24, 2.45) is 0 Å². The minimum absolute atomic E-state index is 0.120. The van der Waals surface area contributed by atoms with E-state index in [4.69, 9.17) is 14.2 Å². The van der Waals surface area contributed by atoms with Gasteiger partial charge in [-0.3, -0.25) is 0 Å². The Morgan fingerprint density at radius 2 is 1.41 bits per heavy atom. The van der Waals surface area contributed by atoms with Crippen LogP contribution in [0.25, 0.3) is 0 Å². The average Bonchev–Trinajstić information content (AvgIpc) is 2.72.